The molecular weight excluding hydrogens is 264 g/mol. The van der Waals surface area contributed by atoms with Gasteiger partial charge in [0, 0.05) is 18.5 Å². The third-order valence-corrected chi connectivity index (χ3v) is 3.59. The Morgan fingerprint density at radius 1 is 1.47 bits per heavy atom. The molecule has 0 spiro atoms. The van der Waals surface area contributed by atoms with Gasteiger partial charge >= 0.3 is 6.01 Å². The quantitative estimate of drug-likeness (QED) is 0.722. The first kappa shape index (κ1) is 14.0. The number of nitrogens with one attached hydrogen (secondary N) is 2. The number of ether oxygens (including phenoxy) is 1. The average molecular weight is 282 g/mol. The molecule has 2 rings (SSSR count). The second-order valence-corrected chi connectivity index (χ2v) is 5.03. The molecule has 2 aromatic heterocycles. The van der Waals surface area contributed by atoms with Crippen LogP contribution in [0.4, 0.5) is 6.01 Å². The van der Waals surface area contributed by atoms with Crippen LogP contribution in [0.5, 0.6) is 0 Å². The van der Waals surface area contributed by atoms with E-state index in [4.69, 9.17) is 9.15 Å². The molecule has 0 bridgehead atoms. The van der Waals surface area contributed by atoms with E-state index in [-0.39, 0.29) is 6.04 Å². The number of aromatic nitrogens is 2. The van der Waals surface area contributed by atoms with Crippen molar-refractivity contribution in [3.05, 3.63) is 28.3 Å². The fourth-order valence-electron chi connectivity index (χ4n) is 1.55. The monoisotopic (exact) mass is 282 g/mol. The van der Waals surface area contributed by atoms with Gasteiger partial charge in [0.25, 0.3) is 0 Å². The Kier molecular flexibility index (Phi) is 5.31. The predicted octanol–water partition coefficient (Wildman–Crippen LogP) is 2.04. The number of nitrogens with zero attached hydrogens (tertiary/aromatic N) is 2. The van der Waals surface area contributed by atoms with Crippen LogP contribution in [0.25, 0.3) is 0 Å². The largest absolute Gasteiger partial charge is 0.407 e. The Labute approximate surface area is 116 Å². The van der Waals surface area contributed by atoms with Crippen LogP contribution in [0, 0.1) is 0 Å². The first-order valence-corrected chi connectivity index (χ1v) is 6.99. The van der Waals surface area contributed by atoms with E-state index < -0.39 is 0 Å². The topological polar surface area (TPSA) is 72.2 Å². The summed E-state index contributed by atoms with van der Waals surface area (Å²) in [5, 5.41) is 16.3. The van der Waals surface area contributed by atoms with Crippen LogP contribution in [0.2, 0.25) is 0 Å². The maximum atomic E-state index is 5.50. The van der Waals surface area contributed by atoms with Crippen LogP contribution in [-0.4, -0.2) is 30.5 Å². The van der Waals surface area contributed by atoms with Crippen molar-refractivity contribution in [3.63, 3.8) is 0 Å². The molecule has 0 aliphatic carbocycles. The van der Waals surface area contributed by atoms with E-state index >= 15 is 0 Å². The van der Waals surface area contributed by atoms with Crippen LogP contribution in [0.3, 0.4) is 0 Å². The van der Waals surface area contributed by atoms with E-state index in [2.05, 4.69) is 33.8 Å². The smallest absolute Gasteiger partial charge is 0.316 e. The Balaban J connectivity index is 1.80. The Morgan fingerprint density at radius 3 is 3.11 bits per heavy atom. The van der Waals surface area contributed by atoms with Crippen LogP contribution >= 0.6 is 11.3 Å². The summed E-state index contributed by atoms with van der Waals surface area (Å²) in [6, 6.07) is 4.71. The molecule has 0 aliphatic heterocycles. The number of thiophene rings is 1. The molecule has 0 saturated heterocycles. The molecule has 0 aromatic carbocycles. The van der Waals surface area contributed by atoms with Gasteiger partial charge in [-0.2, -0.15) is 0 Å². The van der Waals surface area contributed by atoms with Crippen LogP contribution in [0.15, 0.2) is 21.9 Å². The number of rotatable bonds is 8. The molecule has 2 aromatic rings. The number of anilines is 1. The average Bonchev–Trinajstić information content (AvgIpc) is 3.06. The van der Waals surface area contributed by atoms with Crippen molar-refractivity contribution in [2.75, 3.05) is 25.6 Å². The number of hydrogen-bond acceptors (Lipinski definition) is 7. The van der Waals surface area contributed by atoms with Crippen molar-refractivity contribution in [2.24, 2.45) is 0 Å². The minimum Gasteiger partial charge on any atom is -0.407 e. The summed E-state index contributed by atoms with van der Waals surface area (Å²) in [5.41, 5.74) is 0. The molecule has 7 heteroatoms. The van der Waals surface area contributed by atoms with Crippen LogP contribution in [-0.2, 0) is 11.3 Å². The summed E-state index contributed by atoms with van der Waals surface area (Å²) in [6.07, 6.45) is 0. The van der Waals surface area contributed by atoms with Crippen LogP contribution < -0.4 is 10.6 Å². The van der Waals surface area contributed by atoms with Crippen molar-refractivity contribution < 1.29 is 9.15 Å². The lowest BCUT2D eigenvalue weighted by Gasteiger charge is -2.08. The molecule has 6 nitrogen and oxygen atoms in total. The molecule has 0 aliphatic rings. The molecule has 2 N–H and O–H groups in total. The van der Waals surface area contributed by atoms with Crippen molar-refractivity contribution in [3.8, 4) is 0 Å². The Bertz CT molecular complexity index is 472. The predicted molar refractivity (Wildman–Crippen MR) is 74.2 cm³/mol. The molecule has 104 valence electrons. The highest BCUT2D eigenvalue weighted by Crippen LogP contribution is 2.22. The van der Waals surface area contributed by atoms with Crippen molar-refractivity contribution in [1.82, 2.24) is 15.5 Å². The SMILES string of the molecule is COCCNCc1nnc(NC(C)c2cccs2)o1. The zero-order valence-corrected chi connectivity index (χ0v) is 11.9. The standard InChI is InChI=1S/C12H18N4O2S/c1-9(10-4-3-7-19-10)14-12-16-15-11(18-12)8-13-5-6-17-2/h3-4,7,9,13H,5-6,8H2,1-2H3,(H,14,16). The first-order chi connectivity index (χ1) is 9.29. The van der Waals surface area contributed by atoms with Crippen molar-refractivity contribution in [1.29, 1.82) is 0 Å². The summed E-state index contributed by atoms with van der Waals surface area (Å²) in [5.74, 6) is 0.567. The van der Waals surface area contributed by atoms with Crippen molar-refractivity contribution >= 4 is 17.4 Å². The fraction of sp³-hybridized carbons (Fsp3) is 0.500. The Morgan fingerprint density at radius 2 is 2.37 bits per heavy atom. The maximum Gasteiger partial charge on any atom is 0.316 e. The molecular formula is C12H18N4O2S. The third-order valence-electron chi connectivity index (χ3n) is 2.54. The first-order valence-electron chi connectivity index (χ1n) is 6.11. The molecule has 0 saturated carbocycles. The third kappa shape index (κ3) is 4.30. The van der Waals surface area contributed by atoms with Gasteiger partial charge < -0.3 is 19.8 Å². The van der Waals surface area contributed by atoms with Gasteiger partial charge in [0.1, 0.15) is 0 Å². The fourth-order valence-corrected chi connectivity index (χ4v) is 2.28. The van der Waals surface area contributed by atoms with Crippen molar-refractivity contribution in [2.45, 2.75) is 19.5 Å². The zero-order chi connectivity index (χ0) is 13.5. The lowest BCUT2D eigenvalue weighted by molar-refractivity contribution is 0.198. The van der Waals surface area contributed by atoms with E-state index in [0.29, 0.717) is 25.1 Å². The molecule has 0 amide bonds. The lowest BCUT2D eigenvalue weighted by Crippen LogP contribution is -2.18. The molecule has 19 heavy (non-hydrogen) atoms. The zero-order valence-electron chi connectivity index (χ0n) is 11.0. The number of methoxy groups -OCH3 is 1. The maximum absolute atomic E-state index is 5.50. The summed E-state index contributed by atoms with van der Waals surface area (Å²) in [4.78, 5) is 1.23. The summed E-state index contributed by atoms with van der Waals surface area (Å²) < 4.78 is 10.4. The molecule has 2 heterocycles. The van der Waals surface area contributed by atoms with E-state index in [1.807, 2.05) is 11.4 Å². The van der Waals surface area contributed by atoms with Crippen LogP contribution in [0.1, 0.15) is 23.7 Å². The molecule has 0 fully saturated rings. The number of hydrogen-bond donors (Lipinski definition) is 2. The normalized spacial score (nSPS) is 12.5. The minimum absolute atomic E-state index is 0.162. The van der Waals surface area contributed by atoms with Gasteiger partial charge in [0.15, 0.2) is 0 Å². The van der Waals surface area contributed by atoms with Gasteiger partial charge in [-0.1, -0.05) is 11.2 Å². The second-order valence-electron chi connectivity index (χ2n) is 4.05. The summed E-state index contributed by atoms with van der Waals surface area (Å²) in [7, 11) is 1.67. The van der Waals surface area contributed by atoms with Gasteiger partial charge in [-0.3, -0.25) is 0 Å². The highest BCUT2D eigenvalue weighted by atomic mass is 32.1. The van der Waals surface area contributed by atoms with Gasteiger partial charge in [-0.25, -0.2) is 0 Å². The van der Waals surface area contributed by atoms with Gasteiger partial charge in [-0.15, -0.1) is 16.4 Å². The summed E-state index contributed by atoms with van der Waals surface area (Å²) in [6.45, 7) is 4.03. The second kappa shape index (κ2) is 7.22. The molecule has 0 radical (unpaired) electrons. The Hall–Kier alpha value is -1.44. The van der Waals surface area contributed by atoms with E-state index in [0.717, 1.165) is 6.54 Å². The highest BCUT2D eigenvalue weighted by Gasteiger charge is 2.11. The minimum atomic E-state index is 0.162. The van der Waals surface area contributed by atoms with E-state index in [9.17, 15) is 0 Å². The molecule has 1 atom stereocenters. The van der Waals surface area contributed by atoms with E-state index in [1.165, 1.54) is 4.88 Å². The lowest BCUT2D eigenvalue weighted by atomic mass is 10.3. The van der Waals surface area contributed by atoms with Gasteiger partial charge in [0.2, 0.25) is 5.89 Å². The van der Waals surface area contributed by atoms with Gasteiger partial charge in [-0.05, 0) is 18.4 Å². The highest BCUT2D eigenvalue weighted by molar-refractivity contribution is 7.10. The summed E-state index contributed by atoms with van der Waals surface area (Å²) >= 11 is 1.70. The van der Waals surface area contributed by atoms with E-state index in [1.54, 1.807) is 18.4 Å². The molecule has 1 unspecified atom stereocenters. The van der Waals surface area contributed by atoms with Gasteiger partial charge in [0.05, 0.1) is 19.2 Å².